The second-order valence-corrected chi connectivity index (χ2v) is 7.23. The standard InChI is InChI=1S/C22H23NO5/c1-27-21(25)20-11-10-14(24)12-23(20)22(26)28-13-19-17-8-4-2-6-15(17)16-7-3-5-9-18(16)19/h2-9,14,19-20,24H,10-13H2,1H3. The van der Waals surface area contributed by atoms with Crippen molar-refractivity contribution in [3.05, 3.63) is 59.7 Å². The van der Waals surface area contributed by atoms with E-state index in [1.54, 1.807) is 0 Å². The maximum atomic E-state index is 12.7. The fourth-order valence-corrected chi connectivity index (χ4v) is 4.21. The number of piperidine rings is 1. The lowest BCUT2D eigenvalue weighted by Gasteiger charge is -2.35. The Kier molecular flexibility index (Phi) is 5.05. The normalized spacial score (nSPS) is 21.0. The van der Waals surface area contributed by atoms with E-state index >= 15 is 0 Å². The number of ether oxygens (including phenoxy) is 2. The number of likely N-dealkylation sites (tertiary alicyclic amines) is 1. The van der Waals surface area contributed by atoms with Gasteiger partial charge in [0.2, 0.25) is 0 Å². The monoisotopic (exact) mass is 381 g/mol. The van der Waals surface area contributed by atoms with Gasteiger partial charge in [0.15, 0.2) is 0 Å². The van der Waals surface area contributed by atoms with Crippen molar-refractivity contribution in [1.29, 1.82) is 0 Å². The van der Waals surface area contributed by atoms with Gasteiger partial charge in [0.25, 0.3) is 0 Å². The highest BCUT2D eigenvalue weighted by Gasteiger charge is 2.38. The van der Waals surface area contributed by atoms with E-state index in [1.165, 1.54) is 12.0 Å². The van der Waals surface area contributed by atoms with Crippen molar-refractivity contribution in [2.24, 2.45) is 0 Å². The van der Waals surface area contributed by atoms with Crippen molar-refractivity contribution in [2.45, 2.75) is 30.9 Å². The third-order valence-corrected chi connectivity index (χ3v) is 5.60. The van der Waals surface area contributed by atoms with E-state index < -0.39 is 24.2 Å². The van der Waals surface area contributed by atoms with Crippen LogP contribution in [-0.2, 0) is 14.3 Å². The van der Waals surface area contributed by atoms with Gasteiger partial charge in [-0.25, -0.2) is 9.59 Å². The average molecular weight is 381 g/mol. The Labute approximate surface area is 163 Å². The van der Waals surface area contributed by atoms with Crippen molar-refractivity contribution in [2.75, 3.05) is 20.3 Å². The minimum Gasteiger partial charge on any atom is -0.467 e. The molecule has 1 fully saturated rings. The molecule has 6 nitrogen and oxygen atoms in total. The Balaban J connectivity index is 1.52. The molecule has 1 aliphatic carbocycles. The van der Waals surface area contributed by atoms with Crippen LogP contribution in [0.3, 0.4) is 0 Å². The summed E-state index contributed by atoms with van der Waals surface area (Å²) in [5, 5.41) is 9.94. The summed E-state index contributed by atoms with van der Waals surface area (Å²) in [6.45, 7) is 0.240. The van der Waals surface area contributed by atoms with Gasteiger partial charge < -0.3 is 14.6 Å². The summed E-state index contributed by atoms with van der Waals surface area (Å²) in [5.41, 5.74) is 4.55. The number of carbonyl (C=O) groups excluding carboxylic acids is 2. The van der Waals surface area contributed by atoms with Gasteiger partial charge >= 0.3 is 12.1 Å². The number of fused-ring (bicyclic) bond motifs is 3. The molecule has 0 radical (unpaired) electrons. The Bertz CT molecular complexity index is 851. The Morgan fingerprint density at radius 1 is 1.04 bits per heavy atom. The molecule has 4 rings (SSSR count). The first-order chi connectivity index (χ1) is 13.6. The third kappa shape index (κ3) is 3.24. The van der Waals surface area contributed by atoms with E-state index in [4.69, 9.17) is 9.47 Å². The molecule has 0 saturated carbocycles. The zero-order valence-electron chi connectivity index (χ0n) is 15.7. The van der Waals surface area contributed by atoms with E-state index in [-0.39, 0.29) is 19.1 Å². The molecule has 146 valence electrons. The van der Waals surface area contributed by atoms with Crippen LogP contribution in [0.25, 0.3) is 11.1 Å². The van der Waals surface area contributed by atoms with E-state index in [0.29, 0.717) is 12.8 Å². The molecule has 2 unspecified atom stereocenters. The molecule has 1 heterocycles. The predicted octanol–water partition coefficient (Wildman–Crippen LogP) is 2.93. The molecule has 0 aromatic heterocycles. The highest BCUT2D eigenvalue weighted by molar-refractivity contribution is 5.82. The Morgan fingerprint density at radius 2 is 1.64 bits per heavy atom. The molecule has 1 N–H and O–H groups in total. The zero-order valence-corrected chi connectivity index (χ0v) is 15.7. The number of aliphatic hydroxyl groups excluding tert-OH is 1. The first-order valence-electron chi connectivity index (χ1n) is 9.47. The summed E-state index contributed by atoms with van der Waals surface area (Å²) in [7, 11) is 1.29. The molecular weight excluding hydrogens is 358 g/mol. The lowest BCUT2D eigenvalue weighted by atomic mass is 9.98. The first kappa shape index (κ1) is 18.5. The number of amides is 1. The molecule has 2 aromatic rings. The molecule has 28 heavy (non-hydrogen) atoms. The number of hydrogen-bond acceptors (Lipinski definition) is 5. The lowest BCUT2D eigenvalue weighted by molar-refractivity contribution is -0.148. The van der Waals surface area contributed by atoms with Gasteiger partial charge in [0.05, 0.1) is 19.8 Å². The molecule has 0 spiro atoms. The molecular formula is C22H23NO5. The number of esters is 1. The minimum absolute atomic E-state index is 0.0531. The van der Waals surface area contributed by atoms with Crippen molar-refractivity contribution < 1.29 is 24.2 Å². The van der Waals surface area contributed by atoms with Crippen molar-refractivity contribution in [1.82, 2.24) is 4.90 Å². The third-order valence-electron chi connectivity index (χ3n) is 5.60. The number of rotatable bonds is 3. The maximum absolute atomic E-state index is 12.7. The van der Waals surface area contributed by atoms with Crippen molar-refractivity contribution in [3.8, 4) is 11.1 Å². The topological polar surface area (TPSA) is 76.1 Å². The average Bonchev–Trinajstić information content (AvgIpc) is 3.05. The van der Waals surface area contributed by atoms with E-state index in [0.717, 1.165) is 22.3 Å². The Morgan fingerprint density at radius 3 is 2.25 bits per heavy atom. The van der Waals surface area contributed by atoms with Crippen LogP contribution in [-0.4, -0.2) is 54.5 Å². The van der Waals surface area contributed by atoms with Gasteiger partial charge in [0, 0.05) is 5.92 Å². The van der Waals surface area contributed by atoms with Crippen LogP contribution in [0.2, 0.25) is 0 Å². The van der Waals surface area contributed by atoms with E-state index in [1.807, 2.05) is 24.3 Å². The van der Waals surface area contributed by atoms with Gasteiger partial charge in [-0.1, -0.05) is 48.5 Å². The molecule has 1 saturated heterocycles. The van der Waals surface area contributed by atoms with Gasteiger partial charge in [0.1, 0.15) is 12.6 Å². The molecule has 6 heteroatoms. The quantitative estimate of drug-likeness (QED) is 0.828. The van der Waals surface area contributed by atoms with Gasteiger partial charge in [-0.15, -0.1) is 0 Å². The van der Waals surface area contributed by atoms with Crippen LogP contribution in [0.15, 0.2) is 48.5 Å². The first-order valence-corrected chi connectivity index (χ1v) is 9.47. The van der Waals surface area contributed by atoms with Crippen LogP contribution in [0.4, 0.5) is 4.79 Å². The lowest BCUT2D eigenvalue weighted by Crippen LogP contribution is -2.52. The molecule has 0 bridgehead atoms. The van der Waals surface area contributed by atoms with Gasteiger partial charge in [-0.3, -0.25) is 4.90 Å². The van der Waals surface area contributed by atoms with E-state index in [2.05, 4.69) is 24.3 Å². The number of β-amino-alcohol motifs (C(OH)–C–C–N with tert-alkyl or cyclic N) is 1. The minimum atomic E-state index is -0.718. The van der Waals surface area contributed by atoms with Crippen molar-refractivity contribution in [3.63, 3.8) is 0 Å². The highest BCUT2D eigenvalue weighted by Crippen LogP contribution is 2.44. The van der Waals surface area contributed by atoms with Crippen LogP contribution in [0.1, 0.15) is 29.9 Å². The van der Waals surface area contributed by atoms with Crippen molar-refractivity contribution >= 4 is 12.1 Å². The van der Waals surface area contributed by atoms with Gasteiger partial charge in [-0.2, -0.15) is 0 Å². The SMILES string of the molecule is COC(=O)C1CCC(O)CN1C(=O)OCC1c2ccccc2-c2ccccc21. The number of hydrogen-bond donors (Lipinski definition) is 1. The summed E-state index contributed by atoms with van der Waals surface area (Å²) < 4.78 is 10.4. The van der Waals surface area contributed by atoms with Crippen LogP contribution in [0.5, 0.6) is 0 Å². The van der Waals surface area contributed by atoms with E-state index in [9.17, 15) is 14.7 Å². The molecule has 1 amide bonds. The van der Waals surface area contributed by atoms with Crippen LogP contribution in [0, 0.1) is 0 Å². The number of aliphatic hydroxyl groups is 1. The second kappa shape index (κ2) is 7.64. The fraction of sp³-hybridized carbons (Fsp3) is 0.364. The number of methoxy groups -OCH3 is 1. The summed E-state index contributed by atoms with van der Waals surface area (Å²) in [5.74, 6) is -0.539. The summed E-state index contributed by atoms with van der Waals surface area (Å²) in [6.07, 6.45) is -0.456. The van der Waals surface area contributed by atoms with Crippen LogP contribution < -0.4 is 0 Å². The summed E-state index contributed by atoms with van der Waals surface area (Å²) >= 11 is 0. The molecule has 1 aliphatic heterocycles. The number of benzene rings is 2. The van der Waals surface area contributed by atoms with Gasteiger partial charge in [-0.05, 0) is 35.1 Å². The maximum Gasteiger partial charge on any atom is 0.410 e. The second-order valence-electron chi connectivity index (χ2n) is 7.23. The molecule has 2 aliphatic rings. The summed E-state index contributed by atoms with van der Waals surface area (Å²) in [4.78, 5) is 26.0. The Hall–Kier alpha value is -2.86. The largest absolute Gasteiger partial charge is 0.467 e. The van der Waals surface area contributed by atoms with Crippen LogP contribution >= 0.6 is 0 Å². The predicted molar refractivity (Wildman–Crippen MR) is 103 cm³/mol. The highest BCUT2D eigenvalue weighted by atomic mass is 16.6. The smallest absolute Gasteiger partial charge is 0.410 e. The zero-order chi connectivity index (χ0) is 19.7. The number of carbonyl (C=O) groups is 2. The summed E-state index contributed by atoms with van der Waals surface area (Å²) in [6, 6.07) is 15.5. The molecule has 2 atom stereocenters. The molecule has 2 aromatic carbocycles. The fourth-order valence-electron chi connectivity index (χ4n) is 4.21. The number of nitrogens with zero attached hydrogens (tertiary/aromatic N) is 1.